The van der Waals surface area contributed by atoms with E-state index in [1.165, 1.54) is 6.07 Å². The fourth-order valence-corrected chi connectivity index (χ4v) is 5.81. The number of halogens is 1. The highest BCUT2D eigenvalue weighted by molar-refractivity contribution is 5.71. The molecule has 0 spiro atoms. The highest BCUT2D eigenvalue weighted by Crippen LogP contribution is 2.36. The summed E-state index contributed by atoms with van der Waals surface area (Å²) in [7, 11) is 1.73. The van der Waals surface area contributed by atoms with Crippen molar-refractivity contribution >= 4 is 17.2 Å². The Bertz CT molecular complexity index is 1500. The van der Waals surface area contributed by atoms with Crippen molar-refractivity contribution in [3.63, 3.8) is 0 Å². The van der Waals surface area contributed by atoms with Gasteiger partial charge in [-0.25, -0.2) is 13.9 Å². The molecule has 39 heavy (non-hydrogen) atoms. The van der Waals surface area contributed by atoms with Crippen LogP contribution >= 0.6 is 0 Å². The van der Waals surface area contributed by atoms with Crippen molar-refractivity contribution in [1.29, 1.82) is 5.26 Å². The molecule has 4 aromatic rings. The number of piperazine rings is 1. The first kappa shape index (κ1) is 25.3. The smallest absolute Gasteiger partial charge is 0.154 e. The van der Waals surface area contributed by atoms with Crippen LogP contribution in [0.4, 0.5) is 15.9 Å². The Kier molecular flexibility index (Phi) is 7.14. The number of anilines is 2. The van der Waals surface area contributed by atoms with Crippen molar-refractivity contribution < 1.29 is 9.13 Å². The number of methoxy groups -OCH3 is 1. The first-order valence-electron chi connectivity index (χ1n) is 13.5. The lowest BCUT2D eigenvalue weighted by atomic mass is 10.0. The van der Waals surface area contributed by atoms with E-state index in [4.69, 9.17) is 9.84 Å². The number of rotatable bonds is 7. The van der Waals surface area contributed by atoms with Crippen molar-refractivity contribution in [1.82, 2.24) is 19.5 Å². The normalized spacial score (nSPS) is 18.1. The largest absolute Gasteiger partial charge is 0.383 e. The number of ether oxygens (including phenoxy) is 1. The van der Waals surface area contributed by atoms with E-state index < -0.39 is 0 Å². The zero-order chi connectivity index (χ0) is 26.8. The Hall–Kier alpha value is -4.00. The number of fused-ring (bicyclic) bond motifs is 1. The third-order valence-corrected chi connectivity index (χ3v) is 7.87. The molecule has 200 valence electrons. The molecule has 4 heterocycles. The zero-order valence-corrected chi connectivity index (χ0v) is 22.1. The predicted octanol–water partition coefficient (Wildman–Crippen LogP) is 4.52. The summed E-state index contributed by atoms with van der Waals surface area (Å²) in [6.45, 7) is 6.16. The Morgan fingerprint density at radius 2 is 1.92 bits per heavy atom. The number of nitrogens with zero attached hydrogens (tertiary/aromatic N) is 7. The van der Waals surface area contributed by atoms with E-state index in [1.807, 2.05) is 41.0 Å². The molecule has 0 radical (unpaired) electrons. The average Bonchev–Trinajstić information content (AvgIpc) is 3.63. The van der Waals surface area contributed by atoms with Gasteiger partial charge < -0.3 is 14.5 Å². The Morgan fingerprint density at radius 3 is 2.72 bits per heavy atom. The molecule has 6 rings (SSSR count). The van der Waals surface area contributed by atoms with Crippen LogP contribution in [0.25, 0.3) is 16.9 Å². The van der Waals surface area contributed by atoms with E-state index in [-0.39, 0.29) is 11.9 Å². The van der Waals surface area contributed by atoms with Crippen LogP contribution in [0.3, 0.4) is 0 Å². The number of imidazole rings is 1. The van der Waals surface area contributed by atoms with E-state index >= 15 is 0 Å². The van der Waals surface area contributed by atoms with E-state index in [9.17, 15) is 9.65 Å². The summed E-state index contributed by atoms with van der Waals surface area (Å²) in [5.41, 5.74) is 5.05. The van der Waals surface area contributed by atoms with Gasteiger partial charge in [0.15, 0.2) is 5.65 Å². The molecule has 1 unspecified atom stereocenters. The molecular weight excluding hydrogens is 493 g/mol. The van der Waals surface area contributed by atoms with Crippen molar-refractivity contribution in [2.24, 2.45) is 0 Å². The first-order chi connectivity index (χ1) is 19.1. The highest BCUT2D eigenvalue weighted by atomic mass is 19.1. The third kappa shape index (κ3) is 5.05. The van der Waals surface area contributed by atoms with Crippen LogP contribution in [0.5, 0.6) is 0 Å². The summed E-state index contributed by atoms with van der Waals surface area (Å²) in [5, 5.41) is 15.0. The average molecular weight is 526 g/mol. The lowest BCUT2D eigenvalue weighted by Gasteiger charge is -2.36. The van der Waals surface area contributed by atoms with Gasteiger partial charge in [-0.3, -0.25) is 4.90 Å². The predicted molar refractivity (Wildman–Crippen MR) is 149 cm³/mol. The molecule has 2 aromatic heterocycles. The Labute approximate surface area is 227 Å². The third-order valence-electron chi connectivity index (χ3n) is 7.87. The van der Waals surface area contributed by atoms with Crippen LogP contribution in [-0.2, 0) is 4.74 Å². The Morgan fingerprint density at radius 1 is 1.05 bits per heavy atom. The van der Waals surface area contributed by atoms with Gasteiger partial charge in [-0.2, -0.15) is 5.26 Å². The fourth-order valence-electron chi connectivity index (χ4n) is 5.81. The first-order valence-corrected chi connectivity index (χ1v) is 13.5. The lowest BCUT2D eigenvalue weighted by molar-refractivity contribution is 0.144. The maximum Gasteiger partial charge on any atom is 0.154 e. The van der Waals surface area contributed by atoms with Gasteiger partial charge >= 0.3 is 0 Å². The minimum absolute atomic E-state index is 0.0806. The molecule has 2 aliphatic heterocycles. The summed E-state index contributed by atoms with van der Waals surface area (Å²) < 4.78 is 21.0. The molecule has 0 bridgehead atoms. The van der Waals surface area contributed by atoms with Crippen LogP contribution < -0.4 is 9.80 Å². The number of nitriles is 1. The van der Waals surface area contributed by atoms with Gasteiger partial charge in [0.05, 0.1) is 35.8 Å². The van der Waals surface area contributed by atoms with Crippen LogP contribution in [0.2, 0.25) is 0 Å². The van der Waals surface area contributed by atoms with Crippen molar-refractivity contribution in [2.75, 3.05) is 62.8 Å². The zero-order valence-electron chi connectivity index (χ0n) is 22.1. The topological polar surface area (TPSA) is 72.9 Å². The molecule has 0 amide bonds. The summed E-state index contributed by atoms with van der Waals surface area (Å²) in [5.74, 6) is 0.612. The van der Waals surface area contributed by atoms with Crippen LogP contribution in [0, 0.1) is 17.1 Å². The second-order valence-electron chi connectivity index (χ2n) is 10.2. The minimum Gasteiger partial charge on any atom is -0.383 e. The van der Waals surface area contributed by atoms with Gasteiger partial charge in [0, 0.05) is 51.9 Å². The quantitative estimate of drug-likeness (QED) is 0.351. The molecule has 2 saturated heterocycles. The fraction of sp³-hybridized carbons (Fsp3) is 0.367. The lowest BCUT2D eigenvalue weighted by Crippen LogP contribution is -2.47. The van der Waals surface area contributed by atoms with Gasteiger partial charge in [-0.1, -0.05) is 18.2 Å². The maximum absolute atomic E-state index is 13.9. The molecule has 0 N–H and O–H groups in total. The van der Waals surface area contributed by atoms with Gasteiger partial charge in [-0.15, -0.1) is 5.10 Å². The molecular formula is C30H32FN7O. The van der Waals surface area contributed by atoms with Gasteiger partial charge in [-0.05, 0) is 54.8 Å². The molecule has 2 aromatic carbocycles. The van der Waals surface area contributed by atoms with E-state index in [0.717, 1.165) is 92.7 Å². The van der Waals surface area contributed by atoms with E-state index in [2.05, 4.69) is 31.8 Å². The second kappa shape index (κ2) is 11.0. The highest BCUT2D eigenvalue weighted by Gasteiger charge is 2.28. The molecule has 2 aliphatic rings. The Balaban J connectivity index is 1.27. The second-order valence-corrected chi connectivity index (χ2v) is 10.2. The maximum atomic E-state index is 13.9. The minimum atomic E-state index is -0.218. The molecule has 8 nitrogen and oxygen atoms in total. The van der Waals surface area contributed by atoms with Crippen LogP contribution in [0.1, 0.15) is 30.0 Å². The summed E-state index contributed by atoms with van der Waals surface area (Å²) in [4.78, 5) is 11.5. The monoisotopic (exact) mass is 525 g/mol. The van der Waals surface area contributed by atoms with Crippen molar-refractivity contribution in [2.45, 2.75) is 18.9 Å². The molecule has 0 aliphatic carbocycles. The number of hydrogen-bond donors (Lipinski definition) is 0. The van der Waals surface area contributed by atoms with Gasteiger partial charge in [0.2, 0.25) is 0 Å². The van der Waals surface area contributed by atoms with E-state index in [0.29, 0.717) is 5.56 Å². The van der Waals surface area contributed by atoms with Crippen LogP contribution in [-0.4, -0.2) is 72.5 Å². The number of aromatic nitrogens is 3. The van der Waals surface area contributed by atoms with Crippen molar-refractivity contribution in [3.8, 4) is 17.3 Å². The number of hydrogen-bond acceptors (Lipinski definition) is 7. The summed E-state index contributed by atoms with van der Waals surface area (Å²) in [6, 6.07) is 19.3. The molecule has 9 heteroatoms. The van der Waals surface area contributed by atoms with Crippen molar-refractivity contribution in [3.05, 3.63) is 77.7 Å². The summed E-state index contributed by atoms with van der Waals surface area (Å²) >= 11 is 0. The van der Waals surface area contributed by atoms with Gasteiger partial charge in [0.1, 0.15) is 17.7 Å². The van der Waals surface area contributed by atoms with Crippen LogP contribution in [0.15, 0.2) is 60.8 Å². The molecule has 2 fully saturated rings. The summed E-state index contributed by atoms with van der Waals surface area (Å²) in [6.07, 6.45) is 3.78. The molecule has 0 saturated carbocycles. The van der Waals surface area contributed by atoms with Gasteiger partial charge in [0.25, 0.3) is 0 Å². The van der Waals surface area contributed by atoms with E-state index in [1.54, 1.807) is 19.2 Å². The molecule has 1 atom stereocenters. The SMILES string of the molecule is COCCN1CCN(c2ccc(-c3cnc4ccc(N5CCCC5c5cccc(F)c5)nn34)cc2C#N)CC1. The number of benzene rings is 2. The standard InChI is InChI=1S/C30H32FN7O/c1-39-17-16-35-12-14-36(15-13-35)26-8-7-23(18-24(26)20-32)28-21-33-29-9-10-30(34-38(28)29)37-11-3-6-27(37)22-4-2-5-25(31)19-22/h2,4-5,7-10,18-19,21,27H,3,6,11-17H2,1H3.